The Hall–Kier alpha value is -3.46. The van der Waals surface area contributed by atoms with Crippen molar-refractivity contribution in [2.75, 3.05) is 26.3 Å². The molecule has 8 nitrogen and oxygen atoms in total. The summed E-state index contributed by atoms with van der Waals surface area (Å²) in [5.41, 5.74) is 1.59. The number of rotatable bonds is 12. The minimum atomic E-state index is -0.845. The molecule has 1 aliphatic rings. The summed E-state index contributed by atoms with van der Waals surface area (Å²) in [5.74, 6) is -0.501. The molecule has 0 saturated carbocycles. The van der Waals surface area contributed by atoms with E-state index in [1.165, 1.54) is 5.56 Å². The van der Waals surface area contributed by atoms with Gasteiger partial charge in [0.1, 0.15) is 11.8 Å². The number of ether oxygens (including phenoxy) is 2. The summed E-state index contributed by atoms with van der Waals surface area (Å²) in [4.78, 5) is 39.3. The summed E-state index contributed by atoms with van der Waals surface area (Å²) >= 11 is 5.44. The van der Waals surface area contributed by atoms with Crippen LogP contribution in [0.2, 0.25) is 0 Å². The maximum atomic E-state index is 12.8. The Labute approximate surface area is 223 Å². The van der Waals surface area contributed by atoms with Crippen molar-refractivity contribution in [3.8, 4) is 5.75 Å². The van der Waals surface area contributed by atoms with E-state index in [1.54, 1.807) is 29.2 Å². The molecule has 2 aromatic carbocycles. The number of carbonyl (C=O) groups excluding carboxylic acids is 3. The van der Waals surface area contributed by atoms with Crippen molar-refractivity contribution in [3.63, 3.8) is 0 Å². The number of nitrogens with one attached hydrogen (secondary N) is 2. The molecule has 1 fully saturated rings. The molecular weight excluding hydrogens is 490 g/mol. The van der Waals surface area contributed by atoms with Crippen LogP contribution >= 0.6 is 12.2 Å². The number of esters is 1. The summed E-state index contributed by atoms with van der Waals surface area (Å²) in [6, 6.07) is 15.9. The first-order valence-corrected chi connectivity index (χ1v) is 13.2. The Balaban J connectivity index is 1.48. The standard InChI is InChI=1S/C28H35N3O5S/c1-2-3-7-18-35-23-14-12-22(13-15-23)26(33)30-28(37)31-17-16-29-27(34)24(31)20-25(32)36-19-8-11-21-9-5-4-6-10-21/h4-6,9-10,12-15,24H,2-3,7-8,11,16-20H2,1H3,(H,29,34)(H,30,33,37). The highest BCUT2D eigenvalue weighted by Crippen LogP contribution is 2.15. The number of thiocarbonyl (C=S) groups is 1. The highest BCUT2D eigenvalue weighted by atomic mass is 32.1. The van der Waals surface area contributed by atoms with Gasteiger partial charge in [-0.1, -0.05) is 50.1 Å². The van der Waals surface area contributed by atoms with Gasteiger partial charge in [-0.05, 0) is 61.3 Å². The minimum absolute atomic E-state index is 0.0987. The van der Waals surface area contributed by atoms with Gasteiger partial charge in [0.05, 0.1) is 19.6 Å². The van der Waals surface area contributed by atoms with Gasteiger partial charge < -0.3 is 19.7 Å². The Morgan fingerprint density at radius 1 is 1.05 bits per heavy atom. The Morgan fingerprint density at radius 3 is 2.54 bits per heavy atom. The summed E-state index contributed by atoms with van der Waals surface area (Å²) in [7, 11) is 0. The highest BCUT2D eigenvalue weighted by molar-refractivity contribution is 7.80. The van der Waals surface area contributed by atoms with E-state index in [0.717, 1.165) is 25.7 Å². The second-order valence-corrected chi connectivity index (χ2v) is 9.24. The summed E-state index contributed by atoms with van der Waals surface area (Å²) < 4.78 is 11.0. The van der Waals surface area contributed by atoms with Crippen LogP contribution in [0.5, 0.6) is 5.75 Å². The first kappa shape index (κ1) is 28.1. The SMILES string of the molecule is CCCCCOc1ccc(C(=O)NC(=S)N2CCNC(=O)C2CC(=O)OCCCc2ccccc2)cc1. The highest BCUT2D eigenvalue weighted by Gasteiger charge is 2.34. The lowest BCUT2D eigenvalue weighted by molar-refractivity contribution is -0.147. The number of unbranched alkanes of at least 4 members (excludes halogenated alkanes) is 2. The molecule has 1 saturated heterocycles. The minimum Gasteiger partial charge on any atom is -0.494 e. The molecule has 1 atom stereocenters. The number of nitrogens with zero attached hydrogens (tertiary/aromatic N) is 1. The third-order valence-electron chi connectivity index (χ3n) is 6.02. The van der Waals surface area contributed by atoms with E-state index in [1.807, 2.05) is 30.3 Å². The summed E-state index contributed by atoms with van der Waals surface area (Å²) in [6.45, 7) is 3.78. The monoisotopic (exact) mass is 525 g/mol. The third-order valence-corrected chi connectivity index (χ3v) is 6.36. The van der Waals surface area contributed by atoms with Gasteiger partial charge in [0, 0.05) is 18.7 Å². The molecule has 198 valence electrons. The second-order valence-electron chi connectivity index (χ2n) is 8.85. The molecule has 3 rings (SSSR count). The molecular formula is C28H35N3O5S. The van der Waals surface area contributed by atoms with Crippen molar-refractivity contribution >= 4 is 35.1 Å². The molecule has 2 N–H and O–H groups in total. The molecule has 2 aromatic rings. The fourth-order valence-corrected chi connectivity index (χ4v) is 4.28. The first-order valence-electron chi connectivity index (χ1n) is 12.8. The maximum Gasteiger partial charge on any atom is 0.308 e. The number of amides is 2. The fraction of sp³-hybridized carbons (Fsp3) is 0.429. The van der Waals surface area contributed by atoms with Crippen LogP contribution in [-0.2, 0) is 20.7 Å². The maximum absolute atomic E-state index is 12.8. The van der Waals surface area contributed by atoms with Crippen LogP contribution < -0.4 is 15.4 Å². The zero-order valence-electron chi connectivity index (χ0n) is 21.2. The predicted molar refractivity (Wildman–Crippen MR) is 145 cm³/mol. The summed E-state index contributed by atoms with van der Waals surface area (Å²) in [5, 5.41) is 5.54. The number of hydrogen-bond donors (Lipinski definition) is 2. The van der Waals surface area contributed by atoms with Crippen molar-refractivity contribution < 1.29 is 23.9 Å². The molecule has 0 bridgehead atoms. The van der Waals surface area contributed by atoms with Gasteiger partial charge in [-0.25, -0.2) is 0 Å². The fourth-order valence-electron chi connectivity index (χ4n) is 3.97. The average Bonchev–Trinajstić information content (AvgIpc) is 2.91. The molecule has 1 aliphatic heterocycles. The van der Waals surface area contributed by atoms with E-state index in [9.17, 15) is 14.4 Å². The topological polar surface area (TPSA) is 97.0 Å². The number of aryl methyl sites for hydroxylation is 1. The van der Waals surface area contributed by atoms with Crippen LogP contribution in [0.1, 0.15) is 54.9 Å². The Bertz CT molecular complexity index is 1050. The molecule has 2 amide bonds. The van der Waals surface area contributed by atoms with Gasteiger partial charge in [-0.15, -0.1) is 0 Å². The van der Waals surface area contributed by atoms with Crippen LogP contribution in [0.3, 0.4) is 0 Å². The molecule has 9 heteroatoms. The lowest BCUT2D eigenvalue weighted by Crippen LogP contribution is -2.60. The van der Waals surface area contributed by atoms with Gasteiger partial charge in [0.15, 0.2) is 5.11 Å². The quantitative estimate of drug-likeness (QED) is 0.248. The van der Waals surface area contributed by atoms with Gasteiger partial charge in [-0.2, -0.15) is 0 Å². The molecule has 1 unspecified atom stereocenters. The number of piperazine rings is 1. The van der Waals surface area contributed by atoms with E-state index >= 15 is 0 Å². The van der Waals surface area contributed by atoms with Crippen LogP contribution in [0.4, 0.5) is 0 Å². The van der Waals surface area contributed by atoms with Crippen LogP contribution in [0.15, 0.2) is 54.6 Å². The van der Waals surface area contributed by atoms with E-state index in [2.05, 4.69) is 17.6 Å². The molecule has 0 aromatic heterocycles. The zero-order chi connectivity index (χ0) is 26.5. The van der Waals surface area contributed by atoms with Crippen molar-refractivity contribution in [1.82, 2.24) is 15.5 Å². The second kappa shape index (κ2) is 14.9. The number of benzene rings is 2. The normalized spacial score (nSPS) is 15.0. The van der Waals surface area contributed by atoms with Crippen molar-refractivity contribution in [2.45, 2.75) is 51.5 Å². The summed E-state index contributed by atoms with van der Waals surface area (Å²) in [6.07, 6.45) is 4.55. The molecule has 1 heterocycles. The van der Waals surface area contributed by atoms with Gasteiger partial charge in [-0.3, -0.25) is 19.7 Å². The molecule has 0 aliphatic carbocycles. The van der Waals surface area contributed by atoms with Gasteiger partial charge >= 0.3 is 5.97 Å². The Morgan fingerprint density at radius 2 is 1.81 bits per heavy atom. The van der Waals surface area contributed by atoms with Gasteiger partial charge in [0.2, 0.25) is 5.91 Å². The van der Waals surface area contributed by atoms with Crippen LogP contribution in [-0.4, -0.2) is 60.1 Å². The zero-order valence-corrected chi connectivity index (χ0v) is 22.1. The van der Waals surface area contributed by atoms with E-state index < -0.39 is 17.9 Å². The van der Waals surface area contributed by atoms with Crippen LogP contribution in [0, 0.1) is 0 Å². The lowest BCUT2D eigenvalue weighted by atomic mass is 10.1. The van der Waals surface area contributed by atoms with Crippen LogP contribution in [0.25, 0.3) is 0 Å². The van der Waals surface area contributed by atoms with Crippen molar-refractivity contribution in [3.05, 3.63) is 65.7 Å². The smallest absolute Gasteiger partial charge is 0.308 e. The Kier molecular flexibility index (Phi) is 11.4. The average molecular weight is 526 g/mol. The van der Waals surface area contributed by atoms with Crippen molar-refractivity contribution in [2.24, 2.45) is 0 Å². The van der Waals surface area contributed by atoms with E-state index in [-0.39, 0.29) is 24.0 Å². The number of carbonyl (C=O) groups is 3. The molecule has 0 spiro atoms. The number of hydrogen-bond acceptors (Lipinski definition) is 6. The van der Waals surface area contributed by atoms with Crippen molar-refractivity contribution in [1.29, 1.82) is 0 Å². The molecule has 37 heavy (non-hydrogen) atoms. The molecule has 0 radical (unpaired) electrons. The van der Waals surface area contributed by atoms with Gasteiger partial charge in [0.25, 0.3) is 5.91 Å². The van der Waals surface area contributed by atoms with E-state index in [4.69, 9.17) is 21.7 Å². The van der Waals surface area contributed by atoms with E-state index in [0.29, 0.717) is 37.4 Å². The lowest BCUT2D eigenvalue weighted by Gasteiger charge is -2.36. The predicted octanol–water partition coefficient (Wildman–Crippen LogP) is 3.64. The third kappa shape index (κ3) is 9.17. The first-order chi connectivity index (χ1) is 18.0. The largest absolute Gasteiger partial charge is 0.494 e.